The Kier molecular flexibility index (Phi) is 3.96. The summed E-state index contributed by atoms with van der Waals surface area (Å²) < 4.78 is 18.5. The van der Waals surface area contributed by atoms with Crippen LogP contribution in [0.15, 0.2) is 12.1 Å². The molecule has 1 aromatic rings. The van der Waals surface area contributed by atoms with Crippen LogP contribution in [0.5, 0.6) is 5.75 Å². The summed E-state index contributed by atoms with van der Waals surface area (Å²) in [7, 11) is -1.79. The van der Waals surface area contributed by atoms with Gasteiger partial charge in [-0.3, -0.25) is 0 Å². The first-order chi connectivity index (χ1) is 6.91. The Hall–Kier alpha value is -0.775. The lowest BCUT2D eigenvalue weighted by atomic mass is 9.80. The number of rotatable bonds is 3. The van der Waals surface area contributed by atoms with Crippen LogP contribution in [0, 0.1) is 5.82 Å². The van der Waals surface area contributed by atoms with Crippen LogP contribution in [0.4, 0.5) is 4.39 Å². The molecule has 0 aromatic heterocycles. The zero-order valence-corrected chi connectivity index (χ0v) is 9.12. The lowest BCUT2D eigenvalue weighted by Crippen LogP contribution is -2.31. The average molecular weight is 232 g/mol. The van der Waals surface area contributed by atoms with Crippen molar-refractivity contribution in [1.29, 1.82) is 0 Å². The Morgan fingerprint density at radius 1 is 1.40 bits per heavy atom. The van der Waals surface area contributed by atoms with E-state index in [0.717, 1.165) is 6.07 Å². The maximum atomic E-state index is 13.3. The predicted molar refractivity (Wildman–Crippen MR) is 57.0 cm³/mol. The zero-order valence-electron chi connectivity index (χ0n) is 8.37. The third kappa shape index (κ3) is 3.09. The highest BCUT2D eigenvalue weighted by Gasteiger charge is 2.19. The van der Waals surface area contributed by atoms with Gasteiger partial charge in [-0.15, -0.1) is 0 Å². The average Bonchev–Trinajstić information content (AvgIpc) is 2.09. The van der Waals surface area contributed by atoms with Crippen molar-refractivity contribution in [2.45, 2.75) is 20.0 Å². The molecule has 0 unspecified atom stereocenters. The lowest BCUT2D eigenvalue weighted by molar-refractivity contribution is 0.231. The Bertz CT molecular complexity index is 357. The van der Waals surface area contributed by atoms with E-state index in [4.69, 9.17) is 26.4 Å². The van der Waals surface area contributed by atoms with Gasteiger partial charge in [-0.1, -0.05) is 11.6 Å². The first kappa shape index (κ1) is 12.3. The summed E-state index contributed by atoms with van der Waals surface area (Å²) in [6, 6.07) is 2.18. The summed E-state index contributed by atoms with van der Waals surface area (Å²) in [4.78, 5) is 0. The second kappa shape index (κ2) is 4.83. The first-order valence-electron chi connectivity index (χ1n) is 4.43. The van der Waals surface area contributed by atoms with Crippen molar-refractivity contribution in [2.75, 3.05) is 0 Å². The van der Waals surface area contributed by atoms with E-state index in [2.05, 4.69) is 0 Å². The summed E-state index contributed by atoms with van der Waals surface area (Å²) in [6.07, 6.45) is -0.180. The zero-order chi connectivity index (χ0) is 11.6. The van der Waals surface area contributed by atoms with E-state index in [1.165, 1.54) is 6.07 Å². The van der Waals surface area contributed by atoms with E-state index in [-0.39, 0.29) is 22.3 Å². The standard InChI is InChI=1S/C9H11BClFO3/c1-5(2)15-9-4-7(11)6(10(13)14)3-8(9)12/h3-5,13-14H,1-2H3. The first-order valence-corrected chi connectivity index (χ1v) is 4.81. The van der Waals surface area contributed by atoms with Crippen molar-refractivity contribution in [1.82, 2.24) is 0 Å². The molecule has 82 valence electrons. The molecule has 2 N–H and O–H groups in total. The Morgan fingerprint density at radius 3 is 2.47 bits per heavy atom. The topological polar surface area (TPSA) is 49.7 Å². The van der Waals surface area contributed by atoms with Gasteiger partial charge < -0.3 is 14.8 Å². The highest BCUT2D eigenvalue weighted by molar-refractivity contribution is 6.62. The molecular formula is C9H11BClFO3. The number of hydrogen-bond donors (Lipinski definition) is 2. The van der Waals surface area contributed by atoms with E-state index in [9.17, 15) is 4.39 Å². The highest BCUT2D eigenvalue weighted by Crippen LogP contribution is 2.21. The monoisotopic (exact) mass is 232 g/mol. The van der Waals surface area contributed by atoms with Crippen LogP contribution in [-0.4, -0.2) is 23.3 Å². The predicted octanol–water partition coefficient (Wildman–Crippen LogP) is 0.946. The third-order valence-electron chi connectivity index (χ3n) is 1.69. The van der Waals surface area contributed by atoms with Gasteiger partial charge in [-0.05, 0) is 19.9 Å². The number of ether oxygens (including phenoxy) is 1. The second-order valence-electron chi connectivity index (χ2n) is 3.34. The molecule has 1 aromatic carbocycles. The molecule has 6 heteroatoms. The minimum absolute atomic E-state index is 0.000556. The molecule has 0 radical (unpaired) electrons. The van der Waals surface area contributed by atoms with Crippen LogP contribution >= 0.6 is 11.6 Å². The summed E-state index contributed by atoms with van der Waals surface area (Å²) in [6.45, 7) is 3.50. The van der Waals surface area contributed by atoms with Crippen molar-refractivity contribution in [2.24, 2.45) is 0 Å². The van der Waals surface area contributed by atoms with Gasteiger partial charge in [0, 0.05) is 16.6 Å². The van der Waals surface area contributed by atoms with Gasteiger partial charge in [0.1, 0.15) is 0 Å². The minimum atomic E-state index is -1.79. The van der Waals surface area contributed by atoms with Gasteiger partial charge in [0.2, 0.25) is 0 Å². The molecule has 0 aliphatic carbocycles. The van der Waals surface area contributed by atoms with Gasteiger partial charge in [-0.2, -0.15) is 0 Å². The van der Waals surface area contributed by atoms with Crippen LogP contribution in [0.25, 0.3) is 0 Å². The molecule has 0 amide bonds. The fourth-order valence-electron chi connectivity index (χ4n) is 1.09. The molecule has 0 spiro atoms. The maximum Gasteiger partial charge on any atom is 0.490 e. The quantitative estimate of drug-likeness (QED) is 0.763. The Balaban J connectivity index is 3.08. The molecule has 0 saturated heterocycles. The molecule has 0 fully saturated rings. The molecule has 0 atom stereocenters. The van der Waals surface area contributed by atoms with Gasteiger partial charge in [0.25, 0.3) is 0 Å². The van der Waals surface area contributed by atoms with Crippen molar-refractivity contribution in [3.63, 3.8) is 0 Å². The maximum absolute atomic E-state index is 13.3. The van der Waals surface area contributed by atoms with E-state index >= 15 is 0 Å². The SMILES string of the molecule is CC(C)Oc1cc(Cl)c(B(O)O)cc1F. The third-order valence-corrected chi connectivity index (χ3v) is 2.02. The van der Waals surface area contributed by atoms with Gasteiger partial charge in [-0.25, -0.2) is 4.39 Å². The van der Waals surface area contributed by atoms with Crippen LogP contribution in [-0.2, 0) is 0 Å². The molecule has 0 saturated carbocycles. The highest BCUT2D eigenvalue weighted by atomic mass is 35.5. The van der Waals surface area contributed by atoms with Crippen LogP contribution in [0.2, 0.25) is 5.02 Å². The largest absolute Gasteiger partial charge is 0.490 e. The molecule has 0 aliphatic heterocycles. The Morgan fingerprint density at radius 2 is 2.00 bits per heavy atom. The summed E-state index contributed by atoms with van der Waals surface area (Å²) >= 11 is 5.71. The normalized spacial score (nSPS) is 10.6. The Labute approximate surface area is 92.6 Å². The molecule has 15 heavy (non-hydrogen) atoms. The number of halogens is 2. The van der Waals surface area contributed by atoms with E-state index in [1.54, 1.807) is 13.8 Å². The fourth-order valence-corrected chi connectivity index (χ4v) is 1.34. The van der Waals surface area contributed by atoms with Crippen molar-refractivity contribution in [3.05, 3.63) is 23.0 Å². The van der Waals surface area contributed by atoms with Crippen LogP contribution < -0.4 is 10.2 Å². The lowest BCUT2D eigenvalue weighted by Gasteiger charge is -2.12. The molecule has 0 bridgehead atoms. The van der Waals surface area contributed by atoms with E-state index in [0.29, 0.717) is 0 Å². The van der Waals surface area contributed by atoms with Crippen molar-refractivity contribution >= 4 is 24.2 Å². The smallest absolute Gasteiger partial charge is 0.488 e. The molecular weight excluding hydrogens is 221 g/mol. The van der Waals surface area contributed by atoms with Gasteiger partial charge in [0.15, 0.2) is 11.6 Å². The second-order valence-corrected chi connectivity index (χ2v) is 3.75. The molecule has 0 heterocycles. The molecule has 3 nitrogen and oxygen atoms in total. The fraction of sp³-hybridized carbons (Fsp3) is 0.333. The summed E-state index contributed by atoms with van der Waals surface area (Å²) in [5.41, 5.74) is -0.0785. The number of hydrogen-bond acceptors (Lipinski definition) is 3. The van der Waals surface area contributed by atoms with Gasteiger partial charge >= 0.3 is 7.12 Å². The minimum Gasteiger partial charge on any atom is -0.488 e. The van der Waals surface area contributed by atoms with Crippen molar-refractivity contribution in [3.8, 4) is 5.75 Å². The van der Waals surface area contributed by atoms with E-state index in [1.807, 2.05) is 0 Å². The summed E-state index contributed by atoms with van der Waals surface area (Å²) in [5, 5.41) is 17.8. The van der Waals surface area contributed by atoms with Crippen LogP contribution in [0.1, 0.15) is 13.8 Å². The van der Waals surface area contributed by atoms with Gasteiger partial charge in [0.05, 0.1) is 6.10 Å². The number of benzene rings is 1. The van der Waals surface area contributed by atoms with E-state index < -0.39 is 12.9 Å². The molecule has 0 aliphatic rings. The molecule has 1 rings (SSSR count). The summed E-state index contributed by atoms with van der Waals surface area (Å²) in [5.74, 6) is -0.671. The van der Waals surface area contributed by atoms with Crippen LogP contribution in [0.3, 0.4) is 0 Å². The van der Waals surface area contributed by atoms with Crippen molar-refractivity contribution < 1.29 is 19.2 Å².